The van der Waals surface area contributed by atoms with Crippen LogP contribution in [0, 0.1) is 64.1 Å². The molecule has 0 bridgehead atoms. The van der Waals surface area contributed by atoms with Gasteiger partial charge in [-0.2, -0.15) is 0 Å². The number of nitrogens with one attached hydrogen (secondary N) is 10. The van der Waals surface area contributed by atoms with Gasteiger partial charge in [0.1, 0.15) is 0 Å². The Morgan fingerprint density at radius 3 is 0.667 bits per heavy atom. The maximum atomic E-state index is 12.1. The molecule has 5 heterocycles. The van der Waals surface area contributed by atoms with E-state index in [0.717, 1.165) is 90.7 Å². The Balaban J connectivity index is 0.000000227. The Morgan fingerprint density at radius 1 is 0.274 bits per heavy atom. The standard InChI is InChI=1S/5C21H33ClN4O/c5*1-16-4-3-5-19(20(16)22)26-14-12-25(13-15-26)11-10-17-6-8-18(9-7-17)24-21(27)23-2/h5*3-5,17-18H,6-15H2,1-2H3,(H2,23,24,27)/i6D2,7D2,8D2,9D2,10D2,11D2,17D,18D;2*6D2,7D2,8D2,9D2,11D2,17D,18D;2*6D2,7D2,8D2,9D2,10D2,17D,18D. The molecule has 10 amide bonds. The summed E-state index contributed by atoms with van der Waals surface area (Å²) in [4.78, 5) is 76.3. The molecule has 10 fully saturated rings. The third-order valence-corrected chi connectivity index (χ3v) is 24.4. The second-order valence-electron chi connectivity index (χ2n) is 31.2. The molecule has 750 valence electrons. The first-order chi connectivity index (χ1) is 88.6. The zero-order valence-corrected chi connectivity index (χ0v) is 80.8. The second-order valence-corrected chi connectivity index (χ2v) is 33.1. The van der Waals surface area contributed by atoms with Crippen molar-refractivity contribution in [3.05, 3.63) is 144 Å². The molecule has 25 nitrogen and oxygen atoms in total. The highest BCUT2D eigenvalue weighted by Gasteiger charge is 2.33. The van der Waals surface area contributed by atoms with Gasteiger partial charge in [0.2, 0.25) is 0 Å². The highest BCUT2D eigenvalue weighted by Crippen LogP contribution is 2.39. The molecule has 5 aliphatic carbocycles. The summed E-state index contributed by atoms with van der Waals surface area (Å²) in [5.41, 5.74) is 8.03. The van der Waals surface area contributed by atoms with Gasteiger partial charge in [-0.15, -0.1) is 0 Å². The third-order valence-electron chi connectivity index (χ3n) is 22.0. The number of hydrogen-bond acceptors (Lipinski definition) is 15. The van der Waals surface area contributed by atoms with Crippen molar-refractivity contribution in [3.63, 3.8) is 0 Å². The van der Waals surface area contributed by atoms with Crippen molar-refractivity contribution in [2.24, 2.45) is 29.5 Å². The summed E-state index contributed by atoms with van der Waals surface area (Å²) in [6.45, 7) is 3.28. The summed E-state index contributed by atoms with van der Waals surface area (Å²) in [5.74, 6) is -18.2. The molecule has 0 aromatic heterocycles. The molecule has 30 heteroatoms. The molecule has 5 aromatic carbocycles. The van der Waals surface area contributed by atoms with Crippen LogP contribution in [0.1, 0.15) is 272 Å². The largest absolute Gasteiger partial charge is 0.368 e. The molecular weight excluding hydrogens is 1800 g/mol. The van der Waals surface area contributed by atoms with Crippen molar-refractivity contribution < 1.29 is 109 Å². The van der Waals surface area contributed by atoms with Gasteiger partial charge in [-0.3, -0.25) is 24.5 Å². The zero-order valence-electron chi connectivity index (χ0n) is 139. The van der Waals surface area contributed by atoms with Gasteiger partial charge < -0.3 is 77.7 Å². The van der Waals surface area contributed by atoms with Crippen LogP contribution in [-0.4, -0.2) is 283 Å². The van der Waals surface area contributed by atoms with E-state index in [4.69, 9.17) is 143 Å². The van der Waals surface area contributed by atoms with E-state index < -0.39 is 282 Å². The van der Waals surface area contributed by atoms with Gasteiger partial charge in [-0.05, 0) is 314 Å². The molecule has 0 atom stereocenters. The number of urea groups is 5. The molecule has 5 aromatic rings. The molecule has 0 radical (unpaired) electrons. The Morgan fingerprint density at radius 2 is 0.459 bits per heavy atom. The maximum Gasteiger partial charge on any atom is 0.314 e. The van der Waals surface area contributed by atoms with E-state index in [1.165, 1.54) is 9.80 Å². The Labute approximate surface area is 922 Å². The summed E-state index contributed by atoms with van der Waals surface area (Å²) in [7, 11) is 5.44. The molecule has 15 rings (SSSR count). The van der Waals surface area contributed by atoms with Gasteiger partial charge in [0.05, 0.1) is 60.4 Å². The predicted molar refractivity (Wildman–Crippen MR) is 564 cm³/mol. The molecule has 135 heavy (non-hydrogen) atoms. The first kappa shape index (κ1) is 51.4. The van der Waals surface area contributed by atoms with Crippen LogP contribution in [0.25, 0.3) is 0 Å². The maximum absolute atomic E-state index is 12.1. The van der Waals surface area contributed by atoms with Gasteiger partial charge in [0.25, 0.3) is 0 Å². The number of carbonyl (C=O) groups is 5. The smallest absolute Gasteiger partial charge is 0.314 e. The molecule has 5 aliphatic heterocycles. The lowest BCUT2D eigenvalue weighted by molar-refractivity contribution is 0.205. The number of nitrogens with zero attached hydrogens (tertiary/aromatic N) is 10. The van der Waals surface area contributed by atoms with Crippen molar-refractivity contribution in [1.82, 2.24) is 77.7 Å². The third kappa shape index (κ3) is 34.9. The monoisotopic (exact) mass is 2020 g/mol. The number of hydrogen-bond donors (Lipinski definition) is 10. The number of carbonyl (C=O) groups excluding carboxylic acids is 5. The molecule has 0 spiro atoms. The lowest BCUT2D eigenvalue weighted by Crippen LogP contribution is -2.47. The van der Waals surface area contributed by atoms with E-state index in [0.29, 0.717) is 83.2 Å². The van der Waals surface area contributed by atoms with Gasteiger partial charge in [0, 0.05) is 274 Å². The van der Waals surface area contributed by atoms with E-state index in [-0.39, 0.29) is 78.5 Å². The minimum Gasteiger partial charge on any atom is -0.368 e. The summed E-state index contributed by atoms with van der Waals surface area (Å²) in [5, 5.41) is 21.2. The lowest BCUT2D eigenvalue weighted by Gasteiger charge is -2.37. The van der Waals surface area contributed by atoms with Gasteiger partial charge in [0.15, 0.2) is 0 Å². The second kappa shape index (κ2) is 56.8. The first-order valence-electron chi connectivity index (χ1n) is 74.8. The molecule has 5 saturated carbocycles. The topological polar surface area (TPSA) is 238 Å². The van der Waals surface area contributed by atoms with Crippen LogP contribution in [0.5, 0.6) is 0 Å². The van der Waals surface area contributed by atoms with Crippen molar-refractivity contribution >= 4 is 117 Å². The van der Waals surface area contributed by atoms with Crippen molar-refractivity contribution in [2.45, 2.75) is 224 Å². The van der Waals surface area contributed by atoms with Crippen molar-refractivity contribution in [2.75, 3.05) is 223 Å². The average Bonchev–Trinajstić information content (AvgIpc) is 0.639. The number of piperazine rings is 5. The van der Waals surface area contributed by atoms with E-state index in [1.54, 1.807) is 48.5 Å². The quantitative estimate of drug-likeness (QED) is 0.0262. The number of benzene rings is 5. The van der Waals surface area contributed by atoms with Crippen LogP contribution in [0.15, 0.2) is 91.0 Å². The molecule has 10 N–H and O–H groups in total. The van der Waals surface area contributed by atoms with Crippen LogP contribution < -0.4 is 77.7 Å². The lowest BCUT2D eigenvalue weighted by atomic mass is 9.84. The van der Waals surface area contributed by atoms with Crippen LogP contribution >= 0.6 is 58.0 Å². The average molecular weight is 2030 g/mol. The number of amides is 10. The Bertz CT molecular complexity index is 7160. The minimum atomic E-state index is -4.13. The van der Waals surface area contributed by atoms with Gasteiger partial charge in [-0.25, -0.2) is 24.0 Å². The van der Waals surface area contributed by atoms with Gasteiger partial charge >= 0.3 is 30.2 Å². The number of halogens is 5. The molecule has 5 saturated heterocycles. The Hall–Kier alpha value is -7.30. The number of anilines is 5. The van der Waals surface area contributed by atoms with Crippen molar-refractivity contribution in [1.29, 1.82) is 0 Å². The van der Waals surface area contributed by atoms with Crippen LogP contribution in [-0.2, 0) is 0 Å². The van der Waals surface area contributed by atoms with Crippen molar-refractivity contribution in [3.8, 4) is 0 Å². The fraction of sp³-hybridized carbons (Fsp3) is 0.667. The first-order valence-corrected chi connectivity index (χ1v) is 45.7. The zero-order chi connectivity index (χ0) is 152. The van der Waals surface area contributed by atoms with Crippen LogP contribution in [0.2, 0.25) is 25.1 Å². The Kier molecular flexibility index (Phi) is 21.6. The van der Waals surface area contributed by atoms with Crippen LogP contribution in [0.3, 0.4) is 0 Å². The fourth-order valence-corrected chi connectivity index (χ4v) is 15.3. The number of rotatable bonds is 25. The molecular formula is C105H165Cl5N20O5. The number of aryl methyl sites for hydroxylation is 5. The van der Waals surface area contributed by atoms with E-state index in [2.05, 4.69) is 0 Å². The summed E-state index contributed by atoms with van der Waals surface area (Å²) in [6, 6.07) is 3.29. The van der Waals surface area contributed by atoms with E-state index >= 15 is 0 Å². The van der Waals surface area contributed by atoms with E-state index in [9.17, 15) is 24.0 Å². The highest BCUT2D eigenvalue weighted by atomic mass is 35.5. The normalized spacial score (nSPS) is 44.2. The minimum absolute atomic E-state index is 0.0831. The molecule has 10 aliphatic rings. The summed E-state index contributed by atoms with van der Waals surface area (Å²) in [6.07, 6.45) is -88.2. The summed E-state index contributed by atoms with van der Waals surface area (Å²) >= 11 is 32.1. The fourth-order valence-electron chi connectivity index (χ4n) is 14.1. The predicted octanol–water partition coefficient (Wildman–Crippen LogP) is 18.2. The SMILES string of the molecule is [2H]C([2H])(CC1([2H])C([2H])([2H])C([2H])([2H])C([2H])(NC(=O)NC)C([2H])([2H])C1([2H])[2H])N1CCN(c2cccc(C)c2Cl)CC1.[2H]C([2H])(CC1([2H])C([2H])([2H])C([2H])([2H])C([2H])(NC(=O)NC)C([2H])([2H])C1([2H])[2H])N1CCN(c2cccc(C)c2Cl)CC1.[2H]C([2H])(CN1CCN(c2cccc(C)c2Cl)CC1)C1([2H])C([2H])([2H])C([2H])([2H])C([2H])(NC(=O)NC)C([2H])([2H])C1([2H])[2H].[2H]C([2H])(CN1CCN(c2cccc(C)c2Cl)CC1)C1([2H])C([2H])([2H])C([2H])([2H])C([2H])(NC(=O)NC)C([2H])([2H])C1([2H])[2H].[2H]C([2H])(N1CCN(c2cccc(C)c2Cl)CC1)C([2H])([2H])C1([2H])C([2H])([2H])C([2H])([2H])C([2H])(NC(=O)NC)C([2H])([2H])C1([2H])[2H]. The summed E-state index contributed by atoms with van der Waals surface area (Å²) < 4.78 is 532. The highest BCUT2D eigenvalue weighted by molar-refractivity contribution is 6.35. The van der Waals surface area contributed by atoms with Crippen LogP contribution in [0.4, 0.5) is 52.4 Å². The van der Waals surface area contributed by atoms with E-state index in [1.807, 2.05) is 165 Å². The molecule has 0 unspecified atom stereocenters. The van der Waals surface area contributed by atoms with Gasteiger partial charge in [-0.1, -0.05) is 119 Å².